The van der Waals surface area contributed by atoms with Crippen LogP contribution in [0.1, 0.15) is 75.0 Å². The lowest BCUT2D eigenvalue weighted by Gasteiger charge is -2.37. The second-order valence-corrected chi connectivity index (χ2v) is 34.2. The van der Waals surface area contributed by atoms with E-state index in [4.69, 9.17) is 37.3 Å². The van der Waals surface area contributed by atoms with Crippen molar-refractivity contribution in [2.24, 2.45) is 0 Å². The Morgan fingerprint density at radius 2 is 1.08 bits per heavy atom. The Kier molecular flexibility index (Phi) is 14.9. The SMILES string of the molecule is CSc1ncnc2c(C3(O)O[C@H](CO[Si](C)(C)C(C)(C)C)[C@H]4OC(c5ccccc5)O[C@H]43)scc12.CSc1ncnc2c([C@]3(C#N)O[C@H](CO[Si](C)(C)C(C)(C)C)[C@H]4OC(c5ccccc5)O[C@H]43)scc12. The van der Waals surface area contributed by atoms with E-state index in [2.05, 4.69) is 93.7 Å². The van der Waals surface area contributed by atoms with Gasteiger partial charge in [-0.3, -0.25) is 0 Å². The van der Waals surface area contributed by atoms with E-state index >= 15 is 0 Å². The molecule has 14 nitrogen and oxygen atoms in total. The van der Waals surface area contributed by atoms with Crippen LogP contribution in [0.4, 0.5) is 0 Å². The molecule has 20 heteroatoms. The van der Waals surface area contributed by atoms with Crippen LogP contribution in [0.5, 0.6) is 0 Å². The molecule has 4 fully saturated rings. The van der Waals surface area contributed by atoms with Gasteiger partial charge in [-0.15, -0.1) is 46.2 Å². The Labute approximate surface area is 434 Å². The maximum Gasteiger partial charge on any atom is 0.234 e. The lowest BCUT2D eigenvalue weighted by atomic mass is 9.93. The van der Waals surface area contributed by atoms with E-state index in [9.17, 15) is 10.4 Å². The maximum atomic E-state index is 12.1. The average Bonchev–Trinajstić information content (AvgIpc) is 4.22. The predicted molar refractivity (Wildman–Crippen MR) is 283 cm³/mol. The Morgan fingerprint density at radius 1 is 0.648 bits per heavy atom. The van der Waals surface area contributed by atoms with E-state index in [1.54, 1.807) is 29.9 Å². The number of benzene rings is 2. The number of aliphatic hydroxyl groups is 1. The highest BCUT2D eigenvalue weighted by Crippen LogP contribution is 2.54. The van der Waals surface area contributed by atoms with Crippen LogP contribution < -0.4 is 0 Å². The molecule has 8 heterocycles. The Hall–Kier alpha value is -3.22. The molecule has 0 radical (unpaired) electrons. The van der Waals surface area contributed by atoms with E-state index in [-0.39, 0.29) is 10.1 Å². The number of hydrogen-bond acceptors (Lipinski definition) is 18. The fraction of sp³-hybridized carbons (Fsp3) is 0.510. The minimum absolute atomic E-state index is 0.0476. The van der Waals surface area contributed by atoms with E-state index in [0.29, 0.717) is 23.6 Å². The van der Waals surface area contributed by atoms with E-state index in [0.717, 1.165) is 42.3 Å². The first-order valence-corrected chi connectivity index (χ1v) is 33.7. The van der Waals surface area contributed by atoms with Crippen molar-refractivity contribution in [3.63, 3.8) is 0 Å². The third-order valence-corrected chi connectivity index (χ3v) is 27.4. The van der Waals surface area contributed by atoms with Gasteiger partial charge in [0, 0.05) is 32.7 Å². The first-order chi connectivity index (χ1) is 33.7. The molecule has 0 saturated carbocycles. The van der Waals surface area contributed by atoms with Gasteiger partial charge in [-0.1, -0.05) is 102 Å². The lowest BCUT2D eigenvalue weighted by molar-refractivity contribution is -0.264. The van der Waals surface area contributed by atoms with E-state index in [1.807, 2.05) is 83.9 Å². The van der Waals surface area contributed by atoms with Crippen LogP contribution in [0.25, 0.3) is 21.8 Å². The molecule has 4 aliphatic heterocycles. The fourth-order valence-corrected chi connectivity index (χ4v) is 14.1. The summed E-state index contributed by atoms with van der Waals surface area (Å²) in [6.07, 6.45) is 2.57. The second kappa shape index (κ2) is 20.1. The van der Waals surface area contributed by atoms with Crippen LogP contribution >= 0.6 is 46.2 Å². The summed E-state index contributed by atoms with van der Waals surface area (Å²) in [5.74, 6) is -1.72. The summed E-state index contributed by atoms with van der Waals surface area (Å²) in [6.45, 7) is 22.7. The molecule has 4 saturated heterocycles. The molecule has 10 atom stereocenters. The predicted octanol–water partition coefficient (Wildman–Crippen LogP) is 11.5. The van der Waals surface area contributed by atoms with Gasteiger partial charge < -0.3 is 42.4 Å². The quantitative estimate of drug-likeness (QED) is 0.0697. The highest BCUT2D eigenvalue weighted by Gasteiger charge is 2.65. The standard InChI is InChI=1S/C26H31N3O4S2Si.C25H32N2O5S2Si/c1-25(2,3)36(5,6)30-12-18-20-21(32-24(31-20)16-10-8-7-9-11-16)26(14-27,33-18)22-19-17(13-35-22)23(34-4)29-15-28-19;1-24(2,3)35(5,6)29-12-17-19-20(31-23(30-19)15-10-8-7-9-11-15)25(28,32-17)21-18-16(13-34-21)22(33-4)27-14-26-18/h7-11,13,15,18,20-21,24H,12H2,1-6H3;7-11,13-14,17,19-20,23,28H,12H2,1-6H3/t18-,20-,21-,24?,26-;17-,19-,20-,23?,25?/m11/s1. The first kappa shape index (κ1) is 52.6. The molecule has 3 unspecified atom stereocenters. The molecule has 0 spiro atoms. The molecule has 378 valence electrons. The topological polar surface area (TPSA) is 169 Å². The van der Waals surface area contributed by atoms with Crippen molar-refractivity contribution in [2.45, 2.75) is 148 Å². The van der Waals surface area contributed by atoms with Crippen LogP contribution in [0.15, 0.2) is 94.1 Å². The molecular formula is C51H63N5O9S4Si2. The minimum atomic E-state index is -2.06. The second-order valence-electron chi connectivity index (χ2n) is 21.2. The molecule has 4 aromatic heterocycles. The summed E-state index contributed by atoms with van der Waals surface area (Å²) < 4.78 is 51.7. The number of thiophene rings is 2. The summed E-state index contributed by atoms with van der Waals surface area (Å²) in [5.41, 5.74) is 1.83. The van der Waals surface area contributed by atoms with Crippen molar-refractivity contribution >= 4 is 84.6 Å². The van der Waals surface area contributed by atoms with Gasteiger partial charge in [0.05, 0.1) is 34.0 Å². The van der Waals surface area contributed by atoms with E-state index < -0.39 is 77.2 Å². The minimum Gasteiger partial charge on any atom is -0.414 e. The maximum absolute atomic E-state index is 12.1. The van der Waals surface area contributed by atoms with Gasteiger partial charge in [0.15, 0.2) is 29.2 Å². The number of fused-ring (bicyclic) bond motifs is 4. The number of nitriles is 1. The van der Waals surface area contributed by atoms with Gasteiger partial charge in [-0.05, 0) is 48.8 Å². The largest absolute Gasteiger partial charge is 0.414 e. The molecule has 0 amide bonds. The van der Waals surface area contributed by atoms with Crippen LogP contribution in [0.2, 0.25) is 36.3 Å². The zero-order valence-corrected chi connectivity index (χ0v) is 47.5. The number of rotatable bonds is 12. The fourth-order valence-electron chi connectivity index (χ4n) is 8.69. The molecule has 0 aliphatic carbocycles. The molecular weight excluding hydrogens is 1010 g/mol. The molecule has 6 aromatic rings. The normalized spacial score (nSPS) is 28.7. The Bertz CT molecular complexity index is 2880. The van der Waals surface area contributed by atoms with Gasteiger partial charge in [-0.25, -0.2) is 19.9 Å². The van der Waals surface area contributed by atoms with Crippen molar-refractivity contribution in [2.75, 3.05) is 25.7 Å². The van der Waals surface area contributed by atoms with Crippen LogP contribution in [0.3, 0.4) is 0 Å². The van der Waals surface area contributed by atoms with Crippen molar-refractivity contribution < 1.29 is 42.4 Å². The van der Waals surface area contributed by atoms with Gasteiger partial charge in [0.25, 0.3) is 0 Å². The smallest absolute Gasteiger partial charge is 0.234 e. The number of thioether (sulfide) groups is 2. The zero-order chi connectivity index (χ0) is 50.7. The summed E-state index contributed by atoms with van der Waals surface area (Å²) in [4.78, 5) is 19.1. The van der Waals surface area contributed by atoms with Gasteiger partial charge >= 0.3 is 0 Å². The average molecular weight is 1070 g/mol. The summed E-state index contributed by atoms with van der Waals surface area (Å²) in [5, 5.41) is 30.4. The number of nitrogens with zero attached hydrogens (tertiary/aromatic N) is 5. The van der Waals surface area contributed by atoms with Crippen molar-refractivity contribution in [1.82, 2.24) is 19.9 Å². The van der Waals surface area contributed by atoms with Crippen molar-refractivity contribution in [3.8, 4) is 6.07 Å². The summed E-state index contributed by atoms with van der Waals surface area (Å²) in [7, 11) is -4.10. The molecule has 0 bridgehead atoms. The highest BCUT2D eigenvalue weighted by atomic mass is 32.2. The molecule has 2 aromatic carbocycles. The van der Waals surface area contributed by atoms with Crippen molar-refractivity contribution in [1.29, 1.82) is 5.26 Å². The molecule has 4 aliphatic rings. The van der Waals surface area contributed by atoms with E-state index in [1.165, 1.54) is 29.0 Å². The Morgan fingerprint density at radius 3 is 1.55 bits per heavy atom. The summed E-state index contributed by atoms with van der Waals surface area (Å²) in [6, 6.07) is 22.1. The lowest BCUT2D eigenvalue weighted by Crippen LogP contribution is -2.44. The van der Waals surface area contributed by atoms with Gasteiger partial charge in [-0.2, -0.15) is 5.26 Å². The summed E-state index contributed by atoms with van der Waals surface area (Å²) >= 11 is 5.96. The number of ether oxygens (including phenoxy) is 6. The monoisotopic (exact) mass is 1070 g/mol. The first-order valence-electron chi connectivity index (χ1n) is 23.7. The third kappa shape index (κ3) is 9.72. The zero-order valence-electron chi connectivity index (χ0n) is 42.2. The third-order valence-electron chi connectivity index (χ3n) is 14.8. The number of hydrogen-bond donors (Lipinski definition) is 1. The van der Waals surface area contributed by atoms with Gasteiger partial charge in [0.2, 0.25) is 11.4 Å². The van der Waals surface area contributed by atoms with Crippen LogP contribution in [0, 0.1) is 11.3 Å². The molecule has 10 rings (SSSR count). The number of aromatic nitrogens is 4. The Balaban J connectivity index is 0.000000176. The van der Waals surface area contributed by atoms with Crippen LogP contribution in [-0.2, 0) is 48.7 Å². The van der Waals surface area contributed by atoms with Gasteiger partial charge in [0.1, 0.15) is 65.4 Å². The molecule has 1 N–H and O–H groups in total. The van der Waals surface area contributed by atoms with Crippen LogP contribution in [-0.4, -0.2) is 104 Å². The van der Waals surface area contributed by atoms with Crippen molar-refractivity contribution in [3.05, 3.63) is 105 Å². The highest BCUT2D eigenvalue weighted by molar-refractivity contribution is 7.99. The molecule has 71 heavy (non-hydrogen) atoms.